The van der Waals surface area contributed by atoms with Crippen molar-refractivity contribution in [3.63, 3.8) is 0 Å². The maximum Gasteiger partial charge on any atom is 0.338 e. The van der Waals surface area contributed by atoms with Gasteiger partial charge in [-0.1, -0.05) is 83.0 Å². The zero-order valence-electron chi connectivity index (χ0n) is 26.9. The van der Waals surface area contributed by atoms with Gasteiger partial charge < -0.3 is 9.47 Å². The summed E-state index contributed by atoms with van der Waals surface area (Å²) < 4.78 is 11.0. The Bertz CT molecular complexity index is 1270. The van der Waals surface area contributed by atoms with Crippen molar-refractivity contribution in [1.82, 2.24) is 0 Å². The highest BCUT2D eigenvalue weighted by atomic mass is 16.5. The average Bonchev–Trinajstić information content (AvgIpc) is 3.00. The highest BCUT2D eigenvalue weighted by Crippen LogP contribution is 2.16. The van der Waals surface area contributed by atoms with E-state index in [9.17, 15) is 9.59 Å². The predicted octanol–water partition coefficient (Wildman–Crippen LogP) is 10.6. The van der Waals surface area contributed by atoms with Crippen LogP contribution in [0.4, 0.5) is 0 Å². The largest absolute Gasteiger partial charge is 0.458 e. The predicted molar refractivity (Wildman–Crippen MR) is 179 cm³/mol. The van der Waals surface area contributed by atoms with Crippen LogP contribution < -0.4 is 0 Å². The van der Waals surface area contributed by atoms with E-state index < -0.39 is 0 Å². The molecule has 0 N–H and O–H groups in total. The van der Waals surface area contributed by atoms with Gasteiger partial charge in [0.15, 0.2) is 0 Å². The van der Waals surface area contributed by atoms with Gasteiger partial charge in [-0.2, -0.15) is 0 Å². The van der Waals surface area contributed by atoms with Gasteiger partial charge in [0.05, 0.1) is 11.1 Å². The first-order valence-corrected chi connectivity index (χ1v) is 15.5. The van der Waals surface area contributed by atoms with Gasteiger partial charge in [0, 0.05) is 0 Å². The van der Waals surface area contributed by atoms with Crippen molar-refractivity contribution in [3.8, 4) is 0 Å². The van der Waals surface area contributed by atoms with Crippen LogP contribution in [-0.4, -0.2) is 25.2 Å². The van der Waals surface area contributed by atoms with Gasteiger partial charge >= 0.3 is 11.9 Å². The van der Waals surface area contributed by atoms with Crippen molar-refractivity contribution in [2.24, 2.45) is 0 Å². The SMILES string of the molecule is CC(C)=CCC/C(C)=C/CC/C(C)=C\CC/C(=C/CC/C(C)=C/COC(=O)c1ccccc1)COC(=O)c1ccccc1. The number of carbonyl (C=O) groups excluding carboxylic acids is 2. The fourth-order valence-corrected chi connectivity index (χ4v) is 4.42. The second-order valence-electron chi connectivity index (χ2n) is 11.4. The highest BCUT2D eigenvalue weighted by Gasteiger charge is 2.08. The number of hydrogen-bond donors (Lipinski definition) is 0. The summed E-state index contributed by atoms with van der Waals surface area (Å²) in [6, 6.07) is 18.1. The molecule has 0 aliphatic rings. The van der Waals surface area contributed by atoms with Gasteiger partial charge in [0.25, 0.3) is 0 Å². The van der Waals surface area contributed by atoms with Crippen molar-refractivity contribution in [2.75, 3.05) is 13.2 Å². The number of esters is 2. The summed E-state index contributed by atoms with van der Waals surface area (Å²) in [5.74, 6) is -0.623. The van der Waals surface area contributed by atoms with Crippen LogP contribution in [0.15, 0.2) is 119 Å². The minimum absolute atomic E-state index is 0.249. The summed E-state index contributed by atoms with van der Waals surface area (Å²) in [5.41, 5.74) is 7.60. The third-order valence-corrected chi connectivity index (χ3v) is 7.11. The molecule has 0 amide bonds. The minimum atomic E-state index is -0.318. The lowest BCUT2D eigenvalue weighted by Gasteiger charge is -2.10. The average molecular weight is 583 g/mol. The lowest BCUT2D eigenvalue weighted by molar-refractivity contribution is 0.0532. The highest BCUT2D eigenvalue weighted by molar-refractivity contribution is 5.89. The Kier molecular flexibility index (Phi) is 17.1. The molecule has 4 heteroatoms. The van der Waals surface area contributed by atoms with Crippen molar-refractivity contribution < 1.29 is 19.1 Å². The standard InChI is InChI=1S/C39H50O4/c1-31(2)16-12-17-32(3)18-13-19-33(4)20-14-22-35(30-43-39(41)37-26-10-7-11-27-37)23-15-21-34(5)28-29-42-38(40)36-24-8-6-9-25-36/h6-11,16,18,20,23-28H,12-15,17,19,21-22,29-30H2,1-5H3/b32-18+,33-20-,34-28+,35-23-. The Hall–Kier alpha value is -3.92. The van der Waals surface area contributed by atoms with E-state index in [1.54, 1.807) is 24.3 Å². The summed E-state index contributed by atoms with van der Waals surface area (Å²) in [6.45, 7) is 11.3. The van der Waals surface area contributed by atoms with E-state index in [4.69, 9.17) is 9.47 Å². The molecule has 43 heavy (non-hydrogen) atoms. The monoisotopic (exact) mass is 582 g/mol. The Morgan fingerprint density at radius 1 is 0.535 bits per heavy atom. The minimum Gasteiger partial charge on any atom is -0.458 e. The van der Waals surface area contributed by atoms with Crippen LogP contribution in [0.1, 0.15) is 107 Å². The molecule has 2 rings (SSSR count). The second kappa shape index (κ2) is 20.9. The van der Waals surface area contributed by atoms with Crippen LogP contribution in [0, 0.1) is 0 Å². The van der Waals surface area contributed by atoms with E-state index in [-0.39, 0.29) is 25.2 Å². The number of ether oxygens (including phenoxy) is 2. The quantitative estimate of drug-likeness (QED) is 0.130. The molecule has 0 radical (unpaired) electrons. The molecule has 0 heterocycles. The topological polar surface area (TPSA) is 52.6 Å². The van der Waals surface area contributed by atoms with Crippen LogP contribution in [0.2, 0.25) is 0 Å². The molecule has 0 spiro atoms. The van der Waals surface area contributed by atoms with E-state index in [2.05, 4.69) is 52.0 Å². The molecule has 0 saturated carbocycles. The van der Waals surface area contributed by atoms with Crippen LogP contribution in [0.3, 0.4) is 0 Å². The molecular weight excluding hydrogens is 532 g/mol. The van der Waals surface area contributed by atoms with E-state index in [0.29, 0.717) is 11.1 Å². The first-order valence-electron chi connectivity index (χ1n) is 15.5. The summed E-state index contributed by atoms with van der Waals surface area (Å²) in [5, 5.41) is 0. The molecule has 2 aromatic carbocycles. The van der Waals surface area contributed by atoms with Gasteiger partial charge in [-0.3, -0.25) is 0 Å². The van der Waals surface area contributed by atoms with Crippen LogP contribution in [-0.2, 0) is 9.47 Å². The van der Waals surface area contributed by atoms with Crippen LogP contribution in [0.25, 0.3) is 0 Å². The Labute approximate surface area is 259 Å². The maximum absolute atomic E-state index is 12.5. The van der Waals surface area contributed by atoms with E-state index in [0.717, 1.165) is 62.5 Å². The first-order chi connectivity index (χ1) is 20.7. The second-order valence-corrected chi connectivity index (χ2v) is 11.4. The number of carbonyl (C=O) groups is 2. The first kappa shape index (κ1) is 35.3. The fourth-order valence-electron chi connectivity index (χ4n) is 4.42. The van der Waals surface area contributed by atoms with Crippen LogP contribution in [0.5, 0.6) is 0 Å². The third-order valence-electron chi connectivity index (χ3n) is 7.11. The van der Waals surface area contributed by atoms with Gasteiger partial charge in [-0.05, 0) is 122 Å². The molecule has 0 bridgehead atoms. The zero-order chi connectivity index (χ0) is 31.3. The number of allylic oxidation sites excluding steroid dienone is 8. The summed E-state index contributed by atoms with van der Waals surface area (Å²) in [4.78, 5) is 24.7. The van der Waals surface area contributed by atoms with Gasteiger partial charge in [-0.15, -0.1) is 0 Å². The maximum atomic E-state index is 12.5. The summed E-state index contributed by atoms with van der Waals surface area (Å²) in [6.07, 6.45) is 18.9. The molecule has 0 aliphatic heterocycles. The molecular formula is C39H50O4. The zero-order valence-corrected chi connectivity index (χ0v) is 26.9. The molecule has 0 atom stereocenters. The third kappa shape index (κ3) is 16.3. The van der Waals surface area contributed by atoms with Crippen LogP contribution >= 0.6 is 0 Å². The molecule has 4 nitrogen and oxygen atoms in total. The molecule has 0 aromatic heterocycles. The van der Waals surface area contributed by atoms with Crippen molar-refractivity contribution >= 4 is 11.9 Å². The molecule has 2 aromatic rings. The lowest BCUT2D eigenvalue weighted by atomic mass is 10.0. The Morgan fingerprint density at radius 3 is 1.51 bits per heavy atom. The summed E-state index contributed by atoms with van der Waals surface area (Å²) >= 11 is 0. The summed E-state index contributed by atoms with van der Waals surface area (Å²) in [7, 11) is 0. The molecule has 0 aliphatic carbocycles. The normalized spacial score (nSPS) is 12.6. The van der Waals surface area contributed by atoms with Gasteiger partial charge in [0.2, 0.25) is 0 Å². The van der Waals surface area contributed by atoms with E-state index >= 15 is 0 Å². The smallest absolute Gasteiger partial charge is 0.338 e. The van der Waals surface area contributed by atoms with Crippen molar-refractivity contribution in [3.05, 3.63) is 130 Å². The number of rotatable bonds is 18. The van der Waals surface area contributed by atoms with E-state index in [1.807, 2.05) is 49.4 Å². The Morgan fingerprint density at radius 2 is 0.977 bits per heavy atom. The molecule has 0 unspecified atom stereocenters. The van der Waals surface area contributed by atoms with Crippen molar-refractivity contribution in [1.29, 1.82) is 0 Å². The molecule has 0 saturated heterocycles. The fraction of sp³-hybridized carbons (Fsp3) is 0.385. The van der Waals surface area contributed by atoms with Crippen molar-refractivity contribution in [2.45, 2.75) is 86.0 Å². The van der Waals surface area contributed by atoms with Gasteiger partial charge in [-0.25, -0.2) is 9.59 Å². The van der Waals surface area contributed by atoms with Gasteiger partial charge in [0.1, 0.15) is 13.2 Å². The molecule has 230 valence electrons. The lowest BCUT2D eigenvalue weighted by Crippen LogP contribution is -2.08. The number of benzene rings is 2. The molecule has 0 fully saturated rings. The number of hydrogen-bond acceptors (Lipinski definition) is 4. The van der Waals surface area contributed by atoms with E-state index in [1.165, 1.54) is 16.7 Å². The Balaban J connectivity index is 1.88.